The Bertz CT molecular complexity index is 582. The fourth-order valence-corrected chi connectivity index (χ4v) is 2.92. The maximum atomic E-state index is 5.87. The SMILES string of the molecule is Clc1ccc(COCCN2CCCc3ccccc32)cc1. The minimum atomic E-state index is 0.645. The summed E-state index contributed by atoms with van der Waals surface area (Å²) in [7, 11) is 0. The van der Waals surface area contributed by atoms with Gasteiger partial charge in [0.25, 0.3) is 0 Å². The first-order valence-electron chi connectivity index (χ1n) is 7.48. The molecule has 1 aliphatic heterocycles. The molecule has 2 aromatic rings. The first kappa shape index (κ1) is 14.4. The molecule has 0 radical (unpaired) electrons. The maximum Gasteiger partial charge on any atom is 0.0717 e. The third-order valence-corrected chi connectivity index (χ3v) is 4.15. The molecule has 0 aromatic heterocycles. The Hall–Kier alpha value is -1.51. The summed E-state index contributed by atoms with van der Waals surface area (Å²) in [5.74, 6) is 0. The fourth-order valence-electron chi connectivity index (χ4n) is 2.79. The van der Waals surface area contributed by atoms with Gasteiger partial charge in [-0.25, -0.2) is 0 Å². The van der Waals surface area contributed by atoms with Gasteiger partial charge in [0, 0.05) is 23.8 Å². The first-order chi connectivity index (χ1) is 10.3. The number of hydrogen-bond acceptors (Lipinski definition) is 2. The molecule has 0 atom stereocenters. The van der Waals surface area contributed by atoms with Crippen molar-refractivity contribution >= 4 is 17.3 Å². The van der Waals surface area contributed by atoms with Crippen molar-refractivity contribution in [3.05, 3.63) is 64.7 Å². The molecule has 3 heteroatoms. The van der Waals surface area contributed by atoms with Gasteiger partial charge in [-0.2, -0.15) is 0 Å². The van der Waals surface area contributed by atoms with Gasteiger partial charge in [-0.1, -0.05) is 41.9 Å². The Morgan fingerprint density at radius 1 is 1.05 bits per heavy atom. The zero-order valence-electron chi connectivity index (χ0n) is 12.1. The van der Waals surface area contributed by atoms with Gasteiger partial charge in [0.05, 0.1) is 13.2 Å². The molecule has 1 heterocycles. The predicted octanol–water partition coefficient (Wildman–Crippen LogP) is 4.31. The monoisotopic (exact) mass is 301 g/mol. The van der Waals surface area contributed by atoms with Crippen molar-refractivity contribution in [3.8, 4) is 0 Å². The number of hydrogen-bond donors (Lipinski definition) is 0. The second-order valence-electron chi connectivity index (χ2n) is 5.40. The summed E-state index contributed by atoms with van der Waals surface area (Å²) in [6, 6.07) is 16.5. The van der Waals surface area contributed by atoms with E-state index < -0.39 is 0 Å². The molecule has 0 spiro atoms. The number of rotatable bonds is 5. The molecular formula is C18H20ClNO. The number of aryl methyl sites for hydroxylation is 1. The van der Waals surface area contributed by atoms with Gasteiger partial charge in [0.15, 0.2) is 0 Å². The van der Waals surface area contributed by atoms with E-state index in [4.69, 9.17) is 16.3 Å². The number of fused-ring (bicyclic) bond motifs is 1. The highest BCUT2D eigenvalue weighted by Crippen LogP contribution is 2.26. The second kappa shape index (κ2) is 6.97. The summed E-state index contributed by atoms with van der Waals surface area (Å²) < 4.78 is 5.79. The molecule has 0 bridgehead atoms. The van der Waals surface area contributed by atoms with Crippen molar-refractivity contribution in [1.82, 2.24) is 0 Å². The molecule has 110 valence electrons. The van der Waals surface area contributed by atoms with Crippen LogP contribution in [0.1, 0.15) is 17.5 Å². The van der Waals surface area contributed by atoms with Crippen LogP contribution in [0.25, 0.3) is 0 Å². The number of halogens is 1. The topological polar surface area (TPSA) is 12.5 Å². The average molecular weight is 302 g/mol. The van der Waals surface area contributed by atoms with Crippen LogP contribution in [-0.4, -0.2) is 19.7 Å². The van der Waals surface area contributed by atoms with E-state index in [1.165, 1.54) is 29.7 Å². The van der Waals surface area contributed by atoms with E-state index in [0.717, 1.165) is 24.7 Å². The van der Waals surface area contributed by atoms with Gasteiger partial charge >= 0.3 is 0 Å². The Balaban J connectivity index is 1.49. The van der Waals surface area contributed by atoms with E-state index in [2.05, 4.69) is 29.2 Å². The van der Waals surface area contributed by atoms with Crippen molar-refractivity contribution in [2.24, 2.45) is 0 Å². The van der Waals surface area contributed by atoms with Crippen LogP contribution >= 0.6 is 11.6 Å². The number of anilines is 1. The van der Waals surface area contributed by atoms with Gasteiger partial charge in [-0.3, -0.25) is 0 Å². The number of para-hydroxylation sites is 1. The molecule has 0 aliphatic carbocycles. The molecule has 3 rings (SSSR count). The zero-order chi connectivity index (χ0) is 14.5. The molecule has 0 amide bonds. The highest BCUT2D eigenvalue weighted by Gasteiger charge is 2.15. The summed E-state index contributed by atoms with van der Waals surface area (Å²) in [5, 5.41) is 0.767. The molecule has 0 saturated carbocycles. The quantitative estimate of drug-likeness (QED) is 0.763. The van der Waals surface area contributed by atoms with E-state index in [9.17, 15) is 0 Å². The Kier molecular flexibility index (Phi) is 4.79. The van der Waals surface area contributed by atoms with Gasteiger partial charge < -0.3 is 9.64 Å². The lowest BCUT2D eigenvalue weighted by atomic mass is 10.0. The predicted molar refractivity (Wildman–Crippen MR) is 88.1 cm³/mol. The summed E-state index contributed by atoms with van der Waals surface area (Å²) in [5.41, 5.74) is 4.00. The number of ether oxygens (including phenoxy) is 1. The van der Waals surface area contributed by atoms with Gasteiger partial charge in [-0.05, 0) is 42.2 Å². The molecule has 2 nitrogen and oxygen atoms in total. The smallest absolute Gasteiger partial charge is 0.0717 e. The second-order valence-corrected chi connectivity index (χ2v) is 5.83. The van der Waals surface area contributed by atoms with Crippen LogP contribution in [-0.2, 0) is 17.8 Å². The normalized spacial score (nSPS) is 14.0. The first-order valence-corrected chi connectivity index (χ1v) is 7.86. The van der Waals surface area contributed by atoms with E-state index >= 15 is 0 Å². The molecular weight excluding hydrogens is 282 g/mol. The Labute approximate surface area is 131 Å². The molecule has 0 N–H and O–H groups in total. The van der Waals surface area contributed by atoms with E-state index in [1.54, 1.807) is 0 Å². The summed E-state index contributed by atoms with van der Waals surface area (Å²) >= 11 is 5.87. The van der Waals surface area contributed by atoms with Gasteiger partial charge in [-0.15, -0.1) is 0 Å². The summed E-state index contributed by atoms with van der Waals surface area (Å²) in [6.07, 6.45) is 2.42. The third kappa shape index (κ3) is 3.78. The van der Waals surface area contributed by atoms with Crippen LogP contribution in [0.15, 0.2) is 48.5 Å². The lowest BCUT2D eigenvalue weighted by Crippen LogP contribution is -2.32. The minimum absolute atomic E-state index is 0.645. The molecule has 21 heavy (non-hydrogen) atoms. The average Bonchev–Trinajstić information content (AvgIpc) is 2.53. The van der Waals surface area contributed by atoms with E-state index in [-0.39, 0.29) is 0 Å². The lowest BCUT2D eigenvalue weighted by Gasteiger charge is -2.31. The molecule has 0 unspecified atom stereocenters. The van der Waals surface area contributed by atoms with E-state index in [1.807, 2.05) is 24.3 Å². The molecule has 2 aromatic carbocycles. The molecule has 1 aliphatic rings. The minimum Gasteiger partial charge on any atom is -0.375 e. The van der Waals surface area contributed by atoms with Crippen LogP contribution in [0.3, 0.4) is 0 Å². The van der Waals surface area contributed by atoms with Crippen molar-refractivity contribution in [1.29, 1.82) is 0 Å². The Morgan fingerprint density at radius 2 is 1.86 bits per heavy atom. The van der Waals surface area contributed by atoms with Crippen LogP contribution in [0.5, 0.6) is 0 Å². The van der Waals surface area contributed by atoms with E-state index in [0.29, 0.717) is 6.61 Å². The van der Waals surface area contributed by atoms with Crippen molar-refractivity contribution < 1.29 is 4.74 Å². The van der Waals surface area contributed by atoms with Crippen LogP contribution in [0.2, 0.25) is 5.02 Å². The largest absolute Gasteiger partial charge is 0.375 e. The summed E-state index contributed by atoms with van der Waals surface area (Å²) in [4.78, 5) is 2.43. The van der Waals surface area contributed by atoms with Crippen LogP contribution in [0, 0.1) is 0 Å². The van der Waals surface area contributed by atoms with Gasteiger partial charge in [0.2, 0.25) is 0 Å². The fraction of sp³-hybridized carbons (Fsp3) is 0.333. The third-order valence-electron chi connectivity index (χ3n) is 3.89. The highest BCUT2D eigenvalue weighted by atomic mass is 35.5. The molecule has 0 fully saturated rings. The zero-order valence-corrected chi connectivity index (χ0v) is 12.9. The van der Waals surface area contributed by atoms with Crippen LogP contribution < -0.4 is 4.90 Å². The van der Waals surface area contributed by atoms with Gasteiger partial charge in [0.1, 0.15) is 0 Å². The van der Waals surface area contributed by atoms with Crippen molar-refractivity contribution in [2.75, 3.05) is 24.6 Å². The number of nitrogens with zero attached hydrogens (tertiary/aromatic N) is 1. The Morgan fingerprint density at radius 3 is 2.71 bits per heavy atom. The van der Waals surface area contributed by atoms with Crippen molar-refractivity contribution in [3.63, 3.8) is 0 Å². The highest BCUT2D eigenvalue weighted by molar-refractivity contribution is 6.30. The number of benzene rings is 2. The van der Waals surface area contributed by atoms with Crippen molar-refractivity contribution in [2.45, 2.75) is 19.4 Å². The lowest BCUT2D eigenvalue weighted by molar-refractivity contribution is 0.126. The standard InChI is InChI=1S/C18H20ClNO/c19-17-9-7-15(8-10-17)14-21-13-12-20-11-3-5-16-4-1-2-6-18(16)20/h1-2,4,6-10H,3,5,11-14H2. The molecule has 0 saturated heterocycles. The maximum absolute atomic E-state index is 5.87. The summed E-state index contributed by atoms with van der Waals surface area (Å²) in [6.45, 7) is 3.47. The van der Waals surface area contributed by atoms with Crippen LogP contribution in [0.4, 0.5) is 5.69 Å².